The van der Waals surface area contributed by atoms with Crippen molar-refractivity contribution in [3.8, 4) is 17.1 Å². The van der Waals surface area contributed by atoms with Crippen LogP contribution >= 0.6 is 0 Å². The van der Waals surface area contributed by atoms with Crippen LogP contribution in [-0.2, 0) is 0 Å². The van der Waals surface area contributed by atoms with E-state index in [0.29, 0.717) is 17.1 Å². The van der Waals surface area contributed by atoms with Gasteiger partial charge in [-0.25, -0.2) is 20.2 Å². The summed E-state index contributed by atoms with van der Waals surface area (Å²) in [6, 6.07) is 11.9. The maximum atomic E-state index is 14.1. The second-order valence-corrected chi connectivity index (χ2v) is 4.37. The number of methoxy groups -OCH3 is 1. The van der Waals surface area contributed by atoms with Crippen molar-refractivity contribution in [2.24, 2.45) is 5.84 Å². The van der Waals surface area contributed by atoms with Crippen molar-refractivity contribution in [3.63, 3.8) is 0 Å². The zero-order chi connectivity index (χ0) is 14.8. The first-order valence-corrected chi connectivity index (χ1v) is 6.31. The van der Waals surface area contributed by atoms with Crippen LogP contribution in [0.25, 0.3) is 22.3 Å². The molecule has 0 spiro atoms. The Hall–Kier alpha value is -2.73. The lowest BCUT2D eigenvalue weighted by molar-refractivity contribution is 0.413. The Kier molecular flexibility index (Phi) is 3.37. The summed E-state index contributed by atoms with van der Waals surface area (Å²) < 4.78 is 19.3. The number of benzene rings is 2. The number of fused-ring (bicyclic) bond motifs is 1. The average Bonchev–Trinajstić information content (AvgIpc) is 2.53. The van der Waals surface area contributed by atoms with Gasteiger partial charge in [0.15, 0.2) is 11.6 Å². The Morgan fingerprint density at radius 3 is 2.67 bits per heavy atom. The van der Waals surface area contributed by atoms with Crippen molar-refractivity contribution in [2.75, 3.05) is 12.5 Å². The molecule has 0 atom stereocenters. The maximum Gasteiger partial charge on any atom is 0.168 e. The van der Waals surface area contributed by atoms with Crippen LogP contribution in [0.5, 0.6) is 5.75 Å². The third-order valence-electron chi connectivity index (χ3n) is 3.16. The topological polar surface area (TPSA) is 73.1 Å². The summed E-state index contributed by atoms with van der Waals surface area (Å²) in [5.41, 5.74) is 3.40. The molecule has 0 unspecified atom stereocenters. The molecule has 0 amide bonds. The molecule has 0 aliphatic carbocycles. The third-order valence-corrected chi connectivity index (χ3v) is 3.16. The van der Waals surface area contributed by atoms with Crippen molar-refractivity contribution in [3.05, 3.63) is 48.3 Å². The summed E-state index contributed by atoms with van der Waals surface area (Å²) in [6.45, 7) is 0. The fourth-order valence-corrected chi connectivity index (χ4v) is 2.19. The minimum absolute atomic E-state index is 0.210. The van der Waals surface area contributed by atoms with Gasteiger partial charge in [-0.05, 0) is 24.3 Å². The molecule has 2 aromatic carbocycles. The van der Waals surface area contributed by atoms with Crippen LogP contribution in [-0.4, -0.2) is 17.1 Å². The monoisotopic (exact) mass is 284 g/mol. The number of halogens is 1. The summed E-state index contributed by atoms with van der Waals surface area (Å²) in [4.78, 5) is 8.69. The Labute approximate surface area is 120 Å². The number of rotatable bonds is 3. The number of nitrogens with zero attached hydrogens (tertiary/aromatic N) is 2. The second-order valence-electron chi connectivity index (χ2n) is 4.37. The lowest BCUT2D eigenvalue weighted by Gasteiger charge is -2.11. The standard InChI is InChI=1S/C15H13FN4O/c1-21-12-8-4-6-10(16)13(12)15-18-11-7-3-2-5-9(11)14(19-15)20-17/h2-8H,17H2,1H3,(H,18,19,20). The number of anilines is 1. The smallest absolute Gasteiger partial charge is 0.168 e. The number of nitrogen functional groups attached to an aromatic ring is 1. The van der Waals surface area contributed by atoms with Gasteiger partial charge in [-0.15, -0.1) is 0 Å². The first-order chi connectivity index (χ1) is 10.2. The molecule has 0 aliphatic rings. The molecule has 0 fully saturated rings. The molecule has 106 valence electrons. The first kappa shape index (κ1) is 13.3. The molecule has 1 aromatic heterocycles. The van der Waals surface area contributed by atoms with E-state index in [4.69, 9.17) is 10.6 Å². The first-order valence-electron chi connectivity index (χ1n) is 6.31. The van der Waals surface area contributed by atoms with Crippen molar-refractivity contribution < 1.29 is 9.13 Å². The van der Waals surface area contributed by atoms with Gasteiger partial charge in [0.05, 0.1) is 18.2 Å². The number of aromatic nitrogens is 2. The van der Waals surface area contributed by atoms with Crippen LogP contribution in [0, 0.1) is 5.82 Å². The van der Waals surface area contributed by atoms with Gasteiger partial charge in [0.2, 0.25) is 0 Å². The molecule has 3 aromatic rings. The second kappa shape index (κ2) is 5.34. The van der Waals surface area contributed by atoms with Crippen molar-refractivity contribution in [1.82, 2.24) is 9.97 Å². The molecule has 3 N–H and O–H groups in total. The molecule has 0 saturated heterocycles. The van der Waals surface area contributed by atoms with E-state index in [0.717, 1.165) is 5.39 Å². The van der Waals surface area contributed by atoms with Crippen molar-refractivity contribution >= 4 is 16.7 Å². The molecular formula is C15H13FN4O. The quantitative estimate of drug-likeness (QED) is 0.571. The number of hydrazine groups is 1. The molecule has 0 saturated carbocycles. The number of hydrogen-bond donors (Lipinski definition) is 2. The molecule has 0 bridgehead atoms. The van der Waals surface area contributed by atoms with E-state index < -0.39 is 5.82 Å². The lowest BCUT2D eigenvalue weighted by Crippen LogP contribution is -2.10. The zero-order valence-electron chi connectivity index (χ0n) is 11.3. The highest BCUT2D eigenvalue weighted by atomic mass is 19.1. The average molecular weight is 284 g/mol. The Balaban J connectivity index is 2.31. The van der Waals surface area contributed by atoms with Gasteiger partial charge in [0.1, 0.15) is 11.6 Å². The number of para-hydroxylation sites is 1. The number of ether oxygens (including phenoxy) is 1. The van der Waals surface area contributed by atoms with Gasteiger partial charge >= 0.3 is 0 Å². The van der Waals surface area contributed by atoms with E-state index in [1.54, 1.807) is 12.1 Å². The predicted octanol–water partition coefficient (Wildman–Crippen LogP) is 2.73. The molecule has 6 heteroatoms. The normalized spacial score (nSPS) is 10.6. The lowest BCUT2D eigenvalue weighted by atomic mass is 10.1. The SMILES string of the molecule is COc1cccc(F)c1-c1nc(NN)c2ccccc2n1. The van der Waals surface area contributed by atoms with Gasteiger partial charge in [-0.3, -0.25) is 0 Å². The Bertz CT molecular complexity index is 807. The van der Waals surface area contributed by atoms with E-state index in [1.165, 1.54) is 13.2 Å². The summed E-state index contributed by atoms with van der Waals surface area (Å²) in [7, 11) is 1.47. The number of nitrogens with two attached hydrogens (primary N) is 1. The zero-order valence-corrected chi connectivity index (χ0v) is 11.3. The summed E-state index contributed by atoms with van der Waals surface area (Å²) in [5.74, 6) is 6.07. The van der Waals surface area contributed by atoms with Crippen LogP contribution < -0.4 is 16.0 Å². The van der Waals surface area contributed by atoms with Crippen LogP contribution in [0.4, 0.5) is 10.2 Å². The molecule has 3 rings (SSSR count). The third kappa shape index (κ3) is 2.25. The molecule has 5 nitrogen and oxygen atoms in total. The minimum atomic E-state index is -0.451. The van der Waals surface area contributed by atoms with E-state index in [2.05, 4.69) is 15.4 Å². The molecule has 1 heterocycles. The van der Waals surface area contributed by atoms with Gasteiger partial charge in [0, 0.05) is 5.39 Å². The molecule has 0 radical (unpaired) electrons. The number of nitrogens with one attached hydrogen (secondary N) is 1. The van der Waals surface area contributed by atoms with Crippen molar-refractivity contribution in [1.29, 1.82) is 0 Å². The largest absolute Gasteiger partial charge is 0.496 e. The van der Waals surface area contributed by atoms with Crippen LogP contribution in [0.3, 0.4) is 0 Å². The fourth-order valence-electron chi connectivity index (χ4n) is 2.19. The summed E-state index contributed by atoms with van der Waals surface area (Å²) >= 11 is 0. The van der Waals surface area contributed by atoms with Crippen LogP contribution in [0.15, 0.2) is 42.5 Å². The van der Waals surface area contributed by atoms with E-state index >= 15 is 0 Å². The summed E-state index contributed by atoms with van der Waals surface area (Å²) in [5, 5.41) is 0.763. The predicted molar refractivity (Wildman–Crippen MR) is 79.3 cm³/mol. The molecule has 21 heavy (non-hydrogen) atoms. The number of hydrogen-bond acceptors (Lipinski definition) is 5. The van der Waals surface area contributed by atoms with Gasteiger partial charge in [-0.1, -0.05) is 18.2 Å². The Morgan fingerprint density at radius 1 is 1.10 bits per heavy atom. The maximum absolute atomic E-state index is 14.1. The minimum Gasteiger partial charge on any atom is -0.496 e. The van der Waals surface area contributed by atoms with Gasteiger partial charge < -0.3 is 10.2 Å². The molecule has 0 aliphatic heterocycles. The fraction of sp³-hybridized carbons (Fsp3) is 0.0667. The van der Waals surface area contributed by atoms with E-state index in [-0.39, 0.29) is 11.4 Å². The highest BCUT2D eigenvalue weighted by Gasteiger charge is 2.16. The van der Waals surface area contributed by atoms with E-state index in [9.17, 15) is 4.39 Å². The van der Waals surface area contributed by atoms with Crippen LogP contribution in [0.2, 0.25) is 0 Å². The highest BCUT2D eigenvalue weighted by Crippen LogP contribution is 2.32. The Morgan fingerprint density at radius 2 is 1.90 bits per heavy atom. The van der Waals surface area contributed by atoms with E-state index in [1.807, 2.05) is 24.3 Å². The summed E-state index contributed by atoms with van der Waals surface area (Å²) in [6.07, 6.45) is 0. The highest BCUT2D eigenvalue weighted by molar-refractivity contribution is 5.90. The van der Waals surface area contributed by atoms with Gasteiger partial charge in [0.25, 0.3) is 0 Å². The van der Waals surface area contributed by atoms with Crippen LogP contribution in [0.1, 0.15) is 0 Å². The molecular weight excluding hydrogens is 271 g/mol. The van der Waals surface area contributed by atoms with Crippen molar-refractivity contribution in [2.45, 2.75) is 0 Å². The van der Waals surface area contributed by atoms with Gasteiger partial charge in [-0.2, -0.15) is 0 Å².